The van der Waals surface area contributed by atoms with Crippen molar-refractivity contribution in [1.82, 2.24) is 4.90 Å². The van der Waals surface area contributed by atoms with Crippen LogP contribution in [0.5, 0.6) is 0 Å². The van der Waals surface area contributed by atoms with Crippen molar-refractivity contribution < 1.29 is 4.79 Å². The van der Waals surface area contributed by atoms with Crippen molar-refractivity contribution in [2.24, 2.45) is 0 Å². The second kappa shape index (κ2) is 6.64. The lowest BCUT2D eigenvalue weighted by molar-refractivity contribution is 0.0752. The highest BCUT2D eigenvalue weighted by Gasteiger charge is 2.17. The number of nitrogens with two attached hydrogens (primary N) is 1. The molecule has 0 aliphatic heterocycles. The smallest absolute Gasteiger partial charge is 0.254 e. The van der Waals surface area contributed by atoms with Crippen LogP contribution in [0.15, 0.2) is 42.5 Å². The van der Waals surface area contributed by atoms with Gasteiger partial charge in [0.1, 0.15) is 0 Å². The number of carbonyl (C=O) groups excluding carboxylic acids is 1. The molecule has 4 heteroatoms. The Bertz CT molecular complexity index is 655. The second-order valence-electron chi connectivity index (χ2n) is 5.02. The second-order valence-corrected chi connectivity index (χ2v) is 5.46. The molecule has 0 saturated heterocycles. The van der Waals surface area contributed by atoms with Gasteiger partial charge in [0.2, 0.25) is 0 Å². The minimum atomic E-state index is -0.0118. The number of hydrogen-bond acceptors (Lipinski definition) is 2. The fourth-order valence-electron chi connectivity index (χ4n) is 2.22. The summed E-state index contributed by atoms with van der Waals surface area (Å²) in [6.45, 7) is 5.04. The van der Waals surface area contributed by atoms with Gasteiger partial charge >= 0.3 is 0 Å². The molecule has 0 spiro atoms. The molecule has 0 atom stereocenters. The standard InChI is InChI=1S/C17H19ClN2O/c1-3-20(11-13-5-4-6-14(18)9-13)17(21)16-10-15(19)8-7-12(16)2/h4-10H,3,11,19H2,1-2H3. The first-order valence-corrected chi connectivity index (χ1v) is 7.29. The van der Waals surface area contributed by atoms with Gasteiger partial charge in [-0.25, -0.2) is 0 Å². The maximum absolute atomic E-state index is 12.7. The van der Waals surface area contributed by atoms with Crippen LogP contribution in [0.2, 0.25) is 5.02 Å². The average Bonchev–Trinajstić information content (AvgIpc) is 2.46. The molecule has 0 aromatic heterocycles. The van der Waals surface area contributed by atoms with Gasteiger partial charge in [0.25, 0.3) is 5.91 Å². The largest absolute Gasteiger partial charge is 0.399 e. The van der Waals surface area contributed by atoms with Gasteiger partial charge in [0, 0.05) is 29.4 Å². The number of aryl methyl sites for hydroxylation is 1. The molecule has 1 amide bonds. The van der Waals surface area contributed by atoms with Gasteiger partial charge in [-0.05, 0) is 49.2 Å². The van der Waals surface area contributed by atoms with E-state index in [-0.39, 0.29) is 5.91 Å². The Kier molecular flexibility index (Phi) is 4.86. The number of amides is 1. The molecule has 2 aromatic carbocycles. The summed E-state index contributed by atoms with van der Waals surface area (Å²) in [5.74, 6) is -0.0118. The Morgan fingerprint density at radius 3 is 2.67 bits per heavy atom. The number of hydrogen-bond donors (Lipinski definition) is 1. The Morgan fingerprint density at radius 2 is 2.00 bits per heavy atom. The van der Waals surface area contributed by atoms with Gasteiger partial charge in [-0.2, -0.15) is 0 Å². The third-order valence-electron chi connectivity index (χ3n) is 3.42. The first kappa shape index (κ1) is 15.4. The van der Waals surface area contributed by atoms with Gasteiger partial charge in [-0.3, -0.25) is 4.79 Å². The molecule has 0 aliphatic rings. The molecule has 0 bridgehead atoms. The number of benzene rings is 2. The molecule has 21 heavy (non-hydrogen) atoms. The molecule has 0 radical (unpaired) electrons. The van der Waals surface area contributed by atoms with Crippen LogP contribution in [0, 0.1) is 6.92 Å². The van der Waals surface area contributed by atoms with E-state index in [9.17, 15) is 4.79 Å². The zero-order valence-corrected chi connectivity index (χ0v) is 13.0. The van der Waals surface area contributed by atoms with Crippen LogP contribution in [0.3, 0.4) is 0 Å². The quantitative estimate of drug-likeness (QED) is 0.871. The van der Waals surface area contributed by atoms with Crippen LogP contribution < -0.4 is 5.73 Å². The Hall–Kier alpha value is -2.00. The summed E-state index contributed by atoms with van der Waals surface area (Å²) in [6.07, 6.45) is 0. The average molecular weight is 303 g/mol. The van der Waals surface area contributed by atoms with Crippen LogP contribution in [-0.2, 0) is 6.54 Å². The Morgan fingerprint density at radius 1 is 1.24 bits per heavy atom. The summed E-state index contributed by atoms with van der Waals surface area (Å²) >= 11 is 5.99. The van der Waals surface area contributed by atoms with E-state index >= 15 is 0 Å². The number of nitrogen functional groups attached to an aromatic ring is 1. The first-order valence-electron chi connectivity index (χ1n) is 6.91. The normalized spacial score (nSPS) is 10.4. The summed E-state index contributed by atoms with van der Waals surface area (Å²) in [7, 11) is 0. The lowest BCUT2D eigenvalue weighted by Crippen LogP contribution is -2.30. The predicted octanol–water partition coefficient (Wildman–Crippen LogP) is 3.89. The van der Waals surface area contributed by atoms with Gasteiger partial charge in [-0.1, -0.05) is 29.8 Å². The monoisotopic (exact) mass is 302 g/mol. The van der Waals surface area contributed by atoms with Crippen molar-refractivity contribution in [2.45, 2.75) is 20.4 Å². The van der Waals surface area contributed by atoms with Gasteiger partial charge in [-0.15, -0.1) is 0 Å². The maximum atomic E-state index is 12.7. The molecule has 0 fully saturated rings. The fraction of sp³-hybridized carbons (Fsp3) is 0.235. The van der Waals surface area contributed by atoms with Crippen molar-refractivity contribution in [3.63, 3.8) is 0 Å². The van der Waals surface area contributed by atoms with Crippen molar-refractivity contribution >= 4 is 23.2 Å². The Labute approximate surface area is 130 Å². The first-order chi connectivity index (χ1) is 10.0. The van der Waals surface area contributed by atoms with E-state index < -0.39 is 0 Å². The predicted molar refractivity (Wildman–Crippen MR) is 87.5 cm³/mol. The molecular formula is C17H19ClN2O. The van der Waals surface area contributed by atoms with E-state index in [2.05, 4.69) is 0 Å². The van der Waals surface area contributed by atoms with Gasteiger partial charge in [0.15, 0.2) is 0 Å². The van der Waals surface area contributed by atoms with E-state index in [1.54, 1.807) is 17.0 Å². The number of halogens is 1. The maximum Gasteiger partial charge on any atom is 0.254 e. The Balaban J connectivity index is 2.24. The van der Waals surface area contributed by atoms with Crippen LogP contribution >= 0.6 is 11.6 Å². The summed E-state index contributed by atoms with van der Waals surface area (Å²) < 4.78 is 0. The lowest BCUT2D eigenvalue weighted by Gasteiger charge is -2.22. The molecule has 0 saturated carbocycles. The molecule has 2 N–H and O–H groups in total. The number of rotatable bonds is 4. The van der Waals surface area contributed by atoms with Gasteiger partial charge in [0.05, 0.1) is 0 Å². The molecule has 0 heterocycles. The van der Waals surface area contributed by atoms with Gasteiger partial charge < -0.3 is 10.6 Å². The van der Waals surface area contributed by atoms with Crippen LogP contribution in [0.25, 0.3) is 0 Å². The number of nitrogens with zero attached hydrogens (tertiary/aromatic N) is 1. The lowest BCUT2D eigenvalue weighted by atomic mass is 10.1. The van der Waals surface area contributed by atoms with E-state index in [1.807, 2.05) is 44.2 Å². The van der Waals surface area contributed by atoms with E-state index in [0.717, 1.165) is 11.1 Å². The van der Waals surface area contributed by atoms with E-state index in [4.69, 9.17) is 17.3 Å². The number of carbonyl (C=O) groups is 1. The highest BCUT2D eigenvalue weighted by Crippen LogP contribution is 2.18. The van der Waals surface area contributed by atoms with E-state index in [1.165, 1.54) is 0 Å². The summed E-state index contributed by atoms with van der Waals surface area (Å²) in [6, 6.07) is 13.0. The van der Waals surface area contributed by atoms with Crippen molar-refractivity contribution in [3.05, 3.63) is 64.2 Å². The fourth-order valence-corrected chi connectivity index (χ4v) is 2.44. The molecule has 0 unspecified atom stereocenters. The summed E-state index contributed by atoms with van der Waals surface area (Å²) in [5.41, 5.74) is 8.99. The number of anilines is 1. The molecule has 2 rings (SSSR count). The van der Waals surface area contributed by atoms with Crippen molar-refractivity contribution in [3.8, 4) is 0 Å². The zero-order valence-electron chi connectivity index (χ0n) is 12.3. The molecule has 0 aliphatic carbocycles. The minimum Gasteiger partial charge on any atom is -0.399 e. The van der Waals surface area contributed by atoms with E-state index in [0.29, 0.717) is 29.4 Å². The summed E-state index contributed by atoms with van der Waals surface area (Å²) in [4.78, 5) is 14.5. The highest BCUT2D eigenvalue weighted by molar-refractivity contribution is 6.30. The van der Waals surface area contributed by atoms with Crippen molar-refractivity contribution in [2.75, 3.05) is 12.3 Å². The van der Waals surface area contributed by atoms with Crippen LogP contribution in [-0.4, -0.2) is 17.4 Å². The SMILES string of the molecule is CCN(Cc1cccc(Cl)c1)C(=O)c1cc(N)ccc1C. The minimum absolute atomic E-state index is 0.0118. The van der Waals surface area contributed by atoms with Crippen LogP contribution in [0.1, 0.15) is 28.4 Å². The van der Waals surface area contributed by atoms with Crippen molar-refractivity contribution in [1.29, 1.82) is 0 Å². The van der Waals surface area contributed by atoms with Crippen LogP contribution in [0.4, 0.5) is 5.69 Å². The molecule has 2 aromatic rings. The summed E-state index contributed by atoms with van der Waals surface area (Å²) in [5, 5.41) is 0.677. The zero-order chi connectivity index (χ0) is 15.4. The third-order valence-corrected chi connectivity index (χ3v) is 3.66. The molecule has 110 valence electrons. The third kappa shape index (κ3) is 3.76. The highest BCUT2D eigenvalue weighted by atomic mass is 35.5. The molecule has 3 nitrogen and oxygen atoms in total. The topological polar surface area (TPSA) is 46.3 Å². The molecular weight excluding hydrogens is 284 g/mol.